The fourth-order valence-electron chi connectivity index (χ4n) is 1.94. The number of carbonyl (C=O) groups is 1. The average Bonchev–Trinajstić information content (AvgIpc) is 2.69. The van der Waals surface area contributed by atoms with E-state index < -0.39 is 0 Å². The van der Waals surface area contributed by atoms with Crippen LogP contribution in [0.1, 0.15) is 13.3 Å². The van der Waals surface area contributed by atoms with Gasteiger partial charge in [0, 0.05) is 19.1 Å². The van der Waals surface area contributed by atoms with Gasteiger partial charge in [0.05, 0.1) is 19.1 Å². The highest BCUT2D eigenvalue weighted by atomic mass is 16.5. The van der Waals surface area contributed by atoms with Crippen molar-refractivity contribution in [1.29, 1.82) is 0 Å². The molecule has 0 spiro atoms. The van der Waals surface area contributed by atoms with E-state index in [0.29, 0.717) is 25.8 Å². The molecule has 2 unspecified atom stereocenters. The van der Waals surface area contributed by atoms with Gasteiger partial charge < -0.3 is 20.3 Å². The van der Waals surface area contributed by atoms with Crippen LogP contribution in [-0.2, 0) is 9.53 Å². The molecule has 1 aliphatic rings. The van der Waals surface area contributed by atoms with Crippen molar-refractivity contribution in [2.24, 2.45) is 5.92 Å². The van der Waals surface area contributed by atoms with E-state index >= 15 is 0 Å². The second-order valence-electron chi connectivity index (χ2n) is 4.84. The van der Waals surface area contributed by atoms with Crippen molar-refractivity contribution in [3.8, 4) is 0 Å². The molecular weight excluding hydrogens is 218 g/mol. The SMILES string of the molecule is CC1NCCC1C(=O)NCCOCCN(C)C. The van der Waals surface area contributed by atoms with Crippen LogP contribution in [0.3, 0.4) is 0 Å². The largest absolute Gasteiger partial charge is 0.378 e. The molecule has 17 heavy (non-hydrogen) atoms. The van der Waals surface area contributed by atoms with Crippen molar-refractivity contribution in [3.63, 3.8) is 0 Å². The monoisotopic (exact) mass is 243 g/mol. The van der Waals surface area contributed by atoms with Crippen LogP contribution in [0.2, 0.25) is 0 Å². The first-order chi connectivity index (χ1) is 8.11. The van der Waals surface area contributed by atoms with Gasteiger partial charge in [0.15, 0.2) is 0 Å². The van der Waals surface area contributed by atoms with E-state index in [-0.39, 0.29) is 11.8 Å². The molecule has 2 atom stereocenters. The van der Waals surface area contributed by atoms with E-state index in [1.165, 1.54) is 0 Å². The van der Waals surface area contributed by atoms with Gasteiger partial charge in [-0.1, -0.05) is 0 Å². The first kappa shape index (κ1) is 14.4. The molecule has 0 radical (unpaired) electrons. The molecule has 1 heterocycles. The average molecular weight is 243 g/mol. The Morgan fingerprint density at radius 3 is 2.82 bits per heavy atom. The Hall–Kier alpha value is -0.650. The van der Waals surface area contributed by atoms with Gasteiger partial charge in [-0.25, -0.2) is 0 Å². The summed E-state index contributed by atoms with van der Waals surface area (Å²) in [7, 11) is 4.03. The summed E-state index contributed by atoms with van der Waals surface area (Å²) in [5.74, 6) is 0.274. The summed E-state index contributed by atoms with van der Waals surface area (Å²) in [6.45, 7) is 5.83. The number of hydrogen-bond acceptors (Lipinski definition) is 4. The molecule has 5 nitrogen and oxygen atoms in total. The summed E-state index contributed by atoms with van der Waals surface area (Å²) in [6.07, 6.45) is 0.939. The van der Waals surface area contributed by atoms with Crippen LogP contribution in [-0.4, -0.2) is 63.8 Å². The van der Waals surface area contributed by atoms with Crippen molar-refractivity contribution >= 4 is 5.91 Å². The molecule has 0 bridgehead atoms. The molecule has 1 rings (SSSR count). The quantitative estimate of drug-likeness (QED) is 0.602. The minimum absolute atomic E-state index is 0.122. The van der Waals surface area contributed by atoms with Crippen LogP contribution in [0.15, 0.2) is 0 Å². The van der Waals surface area contributed by atoms with E-state index in [9.17, 15) is 4.79 Å². The van der Waals surface area contributed by atoms with Crippen LogP contribution >= 0.6 is 0 Å². The van der Waals surface area contributed by atoms with Crippen molar-refractivity contribution < 1.29 is 9.53 Å². The van der Waals surface area contributed by atoms with E-state index in [1.807, 2.05) is 14.1 Å². The second-order valence-corrected chi connectivity index (χ2v) is 4.84. The number of nitrogens with zero attached hydrogens (tertiary/aromatic N) is 1. The zero-order chi connectivity index (χ0) is 12.7. The number of ether oxygens (including phenoxy) is 1. The Bertz CT molecular complexity index is 234. The molecular formula is C12H25N3O2. The summed E-state index contributed by atoms with van der Waals surface area (Å²) in [4.78, 5) is 13.9. The van der Waals surface area contributed by atoms with Crippen molar-refractivity contribution in [2.75, 3.05) is 46.9 Å². The Morgan fingerprint density at radius 2 is 2.24 bits per heavy atom. The third kappa shape index (κ3) is 5.48. The minimum Gasteiger partial charge on any atom is -0.378 e. The van der Waals surface area contributed by atoms with Gasteiger partial charge in [-0.05, 0) is 34.0 Å². The van der Waals surface area contributed by atoms with Crippen LogP contribution in [0.5, 0.6) is 0 Å². The van der Waals surface area contributed by atoms with Gasteiger partial charge in [0.1, 0.15) is 0 Å². The molecule has 0 aromatic heterocycles. The molecule has 1 amide bonds. The number of amides is 1. The van der Waals surface area contributed by atoms with Crippen LogP contribution in [0.25, 0.3) is 0 Å². The second kappa shape index (κ2) is 7.63. The molecule has 100 valence electrons. The standard InChI is InChI=1S/C12H25N3O2/c1-10-11(4-5-13-10)12(16)14-6-8-17-9-7-15(2)3/h10-11,13H,4-9H2,1-3H3,(H,14,16). The third-order valence-corrected chi connectivity index (χ3v) is 3.09. The Balaban J connectivity index is 2.00. The summed E-state index contributed by atoms with van der Waals surface area (Å²) in [5, 5.41) is 6.20. The summed E-state index contributed by atoms with van der Waals surface area (Å²) in [6, 6.07) is 0.296. The molecule has 0 saturated carbocycles. The predicted molar refractivity (Wildman–Crippen MR) is 68.0 cm³/mol. The number of rotatable bonds is 7. The fraction of sp³-hybridized carbons (Fsp3) is 0.917. The highest BCUT2D eigenvalue weighted by molar-refractivity contribution is 5.79. The number of carbonyl (C=O) groups excluding carboxylic acids is 1. The number of nitrogens with one attached hydrogen (secondary N) is 2. The maximum absolute atomic E-state index is 11.8. The zero-order valence-electron chi connectivity index (χ0n) is 11.2. The van der Waals surface area contributed by atoms with E-state index in [0.717, 1.165) is 19.5 Å². The fourth-order valence-corrected chi connectivity index (χ4v) is 1.94. The Morgan fingerprint density at radius 1 is 1.47 bits per heavy atom. The van der Waals surface area contributed by atoms with Gasteiger partial charge in [0.2, 0.25) is 5.91 Å². The lowest BCUT2D eigenvalue weighted by Crippen LogP contribution is -2.38. The van der Waals surface area contributed by atoms with Gasteiger partial charge in [-0.3, -0.25) is 4.79 Å². The minimum atomic E-state index is 0.122. The number of hydrogen-bond donors (Lipinski definition) is 2. The lowest BCUT2D eigenvalue weighted by atomic mass is 10.0. The molecule has 1 aliphatic heterocycles. The highest BCUT2D eigenvalue weighted by Crippen LogP contribution is 2.14. The summed E-state index contributed by atoms with van der Waals surface area (Å²) < 4.78 is 5.41. The van der Waals surface area contributed by atoms with Crippen LogP contribution in [0, 0.1) is 5.92 Å². The lowest BCUT2D eigenvalue weighted by molar-refractivity contribution is -0.125. The smallest absolute Gasteiger partial charge is 0.224 e. The topological polar surface area (TPSA) is 53.6 Å². The van der Waals surface area contributed by atoms with Gasteiger partial charge >= 0.3 is 0 Å². The molecule has 0 aromatic rings. The van der Waals surface area contributed by atoms with Crippen molar-refractivity contribution in [2.45, 2.75) is 19.4 Å². The van der Waals surface area contributed by atoms with Gasteiger partial charge in [-0.2, -0.15) is 0 Å². The molecule has 1 saturated heterocycles. The van der Waals surface area contributed by atoms with Crippen LogP contribution < -0.4 is 10.6 Å². The molecule has 0 aromatic carbocycles. The predicted octanol–water partition coefficient (Wildman–Crippen LogP) is -0.321. The summed E-state index contributed by atoms with van der Waals surface area (Å²) in [5.41, 5.74) is 0. The molecule has 0 aliphatic carbocycles. The van der Waals surface area contributed by atoms with E-state index in [1.54, 1.807) is 0 Å². The normalized spacial score (nSPS) is 24.2. The van der Waals surface area contributed by atoms with Crippen molar-refractivity contribution in [1.82, 2.24) is 15.5 Å². The molecule has 5 heteroatoms. The van der Waals surface area contributed by atoms with E-state index in [4.69, 9.17) is 4.74 Å². The third-order valence-electron chi connectivity index (χ3n) is 3.09. The maximum Gasteiger partial charge on any atom is 0.224 e. The first-order valence-corrected chi connectivity index (χ1v) is 6.35. The Kier molecular flexibility index (Phi) is 6.47. The molecule has 2 N–H and O–H groups in total. The maximum atomic E-state index is 11.8. The first-order valence-electron chi connectivity index (χ1n) is 6.35. The van der Waals surface area contributed by atoms with Crippen LogP contribution in [0.4, 0.5) is 0 Å². The lowest BCUT2D eigenvalue weighted by Gasteiger charge is -2.15. The van der Waals surface area contributed by atoms with E-state index in [2.05, 4.69) is 22.5 Å². The molecule has 1 fully saturated rings. The van der Waals surface area contributed by atoms with Gasteiger partial charge in [0.25, 0.3) is 0 Å². The summed E-state index contributed by atoms with van der Waals surface area (Å²) >= 11 is 0. The number of likely N-dealkylation sites (N-methyl/N-ethyl adjacent to an activating group) is 1. The van der Waals surface area contributed by atoms with Gasteiger partial charge in [-0.15, -0.1) is 0 Å². The Labute approximate surface area is 104 Å². The highest BCUT2D eigenvalue weighted by Gasteiger charge is 2.28. The zero-order valence-corrected chi connectivity index (χ0v) is 11.2. The van der Waals surface area contributed by atoms with Crippen molar-refractivity contribution in [3.05, 3.63) is 0 Å².